The monoisotopic (exact) mass is 245 g/mol. The number of nitrogens with zero attached hydrogens (tertiary/aromatic N) is 1. The predicted molar refractivity (Wildman–Crippen MR) is 71.6 cm³/mol. The highest BCUT2D eigenvalue weighted by atomic mass is 16.5. The molecule has 0 spiro atoms. The van der Waals surface area contributed by atoms with Crippen LogP contribution < -0.4 is 10.5 Å². The number of aromatic nitrogens is 2. The van der Waals surface area contributed by atoms with E-state index in [1.807, 2.05) is 24.3 Å². The maximum atomic E-state index is 6.15. The van der Waals surface area contributed by atoms with E-state index in [0.29, 0.717) is 6.01 Å². The quantitative estimate of drug-likeness (QED) is 0.799. The van der Waals surface area contributed by atoms with Crippen LogP contribution in [0.5, 0.6) is 6.01 Å². The van der Waals surface area contributed by atoms with Crippen molar-refractivity contribution in [3.05, 3.63) is 24.3 Å². The summed E-state index contributed by atoms with van der Waals surface area (Å²) in [6.07, 6.45) is 5.82. The van der Waals surface area contributed by atoms with Crippen LogP contribution in [0, 0.1) is 0 Å². The molecule has 2 unspecified atom stereocenters. The molecule has 3 rings (SSSR count). The Morgan fingerprint density at radius 3 is 2.89 bits per heavy atom. The van der Waals surface area contributed by atoms with Crippen LogP contribution in [-0.4, -0.2) is 22.1 Å². The standard InChI is InChI=1S/C14H19N3O/c15-10-6-2-1-3-9-13(10)18-14-16-11-7-4-5-8-12(11)17-14/h4-5,7-8,10,13H,1-3,6,9,15H2,(H,16,17). The Hall–Kier alpha value is -1.55. The summed E-state index contributed by atoms with van der Waals surface area (Å²) < 4.78 is 5.94. The van der Waals surface area contributed by atoms with Gasteiger partial charge in [0.05, 0.1) is 11.0 Å². The average molecular weight is 245 g/mol. The van der Waals surface area contributed by atoms with Gasteiger partial charge in [-0.1, -0.05) is 25.0 Å². The normalized spacial score (nSPS) is 24.9. The summed E-state index contributed by atoms with van der Waals surface area (Å²) >= 11 is 0. The molecule has 1 aliphatic carbocycles. The van der Waals surface area contributed by atoms with Crippen LogP contribution in [0.4, 0.5) is 0 Å². The topological polar surface area (TPSA) is 63.9 Å². The molecule has 1 aromatic carbocycles. The summed E-state index contributed by atoms with van der Waals surface area (Å²) in [6.45, 7) is 0. The lowest BCUT2D eigenvalue weighted by molar-refractivity contribution is 0.151. The van der Waals surface area contributed by atoms with Crippen molar-refractivity contribution in [1.82, 2.24) is 9.97 Å². The van der Waals surface area contributed by atoms with E-state index < -0.39 is 0 Å². The van der Waals surface area contributed by atoms with E-state index >= 15 is 0 Å². The third-order valence-electron chi connectivity index (χ3n) is 3.63. The van der Waals surface area contributed by atoms with Crippen molar-refractivity contribution in [3.8, 4) is 6.01 Å². The van der Waals surface area contributed by atoms with Gasteiger partial charge >= 0.3 is 0 Å². The summed E-state index contributed by atoms with van der Waals surface area (Å²) in [7, 11) is 0. The summed E-state index contributed by atoms with van der Waals surface area (Å²) in [5, 5.41) is 0. The number of aromatic amines is 1. The van der Waals surface area contributed by atoms with Crippen molar-refractivity contribution in [1.29, 1.82) is 0 Å². The van der Waals surface area contributed by atoms with Gasteiger partial charge in [-0.15, -0.1) is 0 Å². The Morgan fingerprint density at radius 1 is 1.17 bits per heavy atom. The molecule has 0 saturated heterocycles. The number of para-hydroxylation sites is 2. The lowest BCUT2D eigenvalue weighted by Crippen LogP contribution is -2.38. The zero-order valence-electron chi connectivity index (χ0n) is 10.4. The molecule has 1 aliphatic rings. The summed E-state index contributed by atoms with van der Waals surface area (Å²) in [6, 6.07) is 8.67. The number of nitrogens with one attached hydrogen (secondary N) is 1. The SMILES string of the molecule is NC1CCCCCC1Oc1nc2ccccc2[nH]1. The van der Waals surface area contributed by atoms with Crippen LogP contribution in [0.2, 0.25) is 0 Å². The smallest absolute Gasteiger partial charge is 0.294 e. The van der Waals surface area contributed by atoms with Crippen molar-refractivity contribution < 1.29 is 4.74 Å². The molecular formula is C14H19N3O. The summed E-state index contributed by atoms with van der Waals surface area (Å²) in [4.78, 5) is 7.63. The van der Waals surface area contributed by atoms with Gasteiger partial charge in [-0.25, -0.2) is 0 Å². The first-order valence-electron chi connectivity index (χ1n) is 6.70. The number of hydrogen-bond donors (Lipinski definition) is 2. The van der Waals surface area contributed by atoms with Gasteiger partial charge in [0.25, 0.3) is 6.01 Å². The Bertz CT molecular complexity index is 489. The lowest BCUT2D eigenvalue weighted by Gasteiger charge is -2.20. The minimum Gasteiger partial charge on any atom is -0.460 e. The molecule has 2 atom stereocenters. The number of imidazole rings is 1. The van der Waals surface area contributed by atoms with Gasteiger partial charge in [-0.2, -0.15) is 4.98 Å². The average Bonchev–Trinajstić information content (AvgIpc) is 2.68. The number of fused-ring (bicyclic) bond motifs is 1. The minimum absolute atomic E-state index is 0.0908. The van der Waals surface area contributed by atoms with E-state index in [1.54, 1.807) is 0 Å². The first-order valence-corrected chi connectivity index (χ1v) is 6.70. The maximum absolute atomic E-state index is 6.15. The van der Waals surface area contributed by atoms with Crippen LogP contribution in [0.25, 0.3) is 11.0 Å². The van der Waals surface area contributed by atoms with Crippen LogP contribution in [-0.2, 0) is 0 Å². The molecule has 1 heterocycles. The molecule has 0 bridgehead atoms. The summed E-state index contributed by atoms with van der Waals surface area (Å²) in [5.41, 5.74) is 8.10. The molecular weight excluding hydrogens is 226 g/mol. The third-order valence-corrected chi connectivity index (χ3v) is 3.63. The zero-order chi connectivity index (χ0) is 12.4. The van der Waals surface area contributed by atoms with Gasteiger partial charge in [0.15, 0.2) is 0 Å². The van der Waals surface area contributed by atoms with Crippen LogP contribution in [0.15, 0.2) is 24.3 Å². The van der Waals surface area contributed by atoms with Gasteiger partial charge in [0.2, 0.25) is 0 Å². The summed E-state index contributed by atoms with van der Waals surface area (Å²) in [5.74, 6) is 0. The van der Waals surface area contributed by atoms with E-state index in [1.165, 1.54) is 19.3 Å². The Morgan fingerprint density at radius 2 is 2.00 bits per heavy atom. The second kappa shape index (κ2) is 4.98. The number of H-pyrrole nitrogens is 1. The number of rotatable bonds is 2. The molecule has 0 amide bonds. The number of hydrogen-bond acceptors (Lipinski definition) is 3. The predicted octanol–water partition coefficient (Wildman–Crippen LogP) is 2.60. The molecule has 1 aromatic heterocycles. The molecule has 18 heavy (non-hydrogen) atoms. The second-order valence-electron chi connectivity index (χ2n) is 5.02. The molecule has 1 fully saturated rings. The zero-order valence-corrected chi connectivity index (χ0v) is 10.4. The van der Waals surface area contributed by atoms with Gasteiger partial charge in [-0.05, 0) is 31.4 Å². The van der Waals surface area contributed by atoms with E-state index in [2.05, 4.69) is 9.97 Å². The number of benzene rings is 1. The van der Waals surface area contributed by atoms with Crippen molar-refractivity contribution in [2.24, 2.45) is 5.73 Å². The largest absolute Gasteiger partial charge is 0.460 e. The van der Waals surface area contributed by atoms with Crippen molar-refractivity contribution in [2.45, 2.75) is 44.2 Å². The molecule has 0 radical (unpaired) electrons. The number of ether oxygens (including phenoxy) is 1. The van der Waals surface area contributed by atoms with Crippen LogP contribution in [0.1, 0.15) is 32.1 Å². The van der Waals surface area contributed by atoms with Gasteiger partial charge in [-0.3, -0.25) is 0 Å². The Labute approximate surface area is 107 Å². The molecule has 3 N–H and O–H groups in total. The molecule has 96 valence electrons. The van der Waals surface area contributed by atoms with E-state index in [0.717, 1.165) is 23.9 Å². The fraction of sp³-hybridized carbons (Fsp3) is 0.500. The van der Waals surface area contributed by atoms with Crippen molar-refractivity contribution in [3.63, 3.8) is 0 Å². The molecule has 1 saturated carbocycles. The first kappa shape index (κ1) is 11.5. The number of nitrogens with two attached hydrogens (primary N) is 1. The van der Waals surface area contributed by atoms with E-state index in [4.69, 9.17) is 10.5 Å². The molecule has 2 aromatic rings. The third kappa shape index (κ3) is 2.34. The van der Waals surface area contributed by atoms with E-state index in [9.17, 15) is 0 Å². The fourth-order valence-corrected chi connectivity index (χ4v) is 2.58. The molecule has 4 nitrogen and oxygen atoms in total. The van der Waals surface area contributed by atoms with Crippen molar-refractivity contribution >= 4 is 11.0 Å². The maximum Gasteiger partial charge on any atom is 0.294 e. The lowest BCUT2D eigenvalue weighted by atomic mass is 10.1. The molecule has 4 heteroatoms. The fourth-order valence-electron chi connectivity index (χ4n) is 2.58. The van der Waals surface area contributed by atoms with E-state index in [-0.39, 0.29) is 12.1 Å². The first-order chi connectivity index (χ1) is 8.83. The highest BCUT2D eigenvalue weighted by Gasteiger charge is 2.23. The second-order valence-corrected chi connectivity index (χ2v) is 5.02. The minimum atomic E-state index is 0.0908. The Kier molecular flexibility index (Phi) is 3.19. The highest BCUT2D eigenvalue weighted by molar-refractivity contribution is 5.75. The van der Waals surface area contributed by atoms with Gasteiger partial charge < -0.3 is 15.5 Å². The molecule has 0 aliphatic heterocycles. The Balaban J connectivity index is 1.78. The van der Waals surface area contributed by atoms with Crippen LogP contribution in [0.3, 0.4) is 0 Å². The van der Waals surface area contributed by atoms with Crippen LogP contribution >= 0.6 is 0 Å². The van der Waals surface area contributed by atoms with Crippen molar-refractivity contribution in [2.75, 3.05) is 0 Å². The van der Waals surface area contributed by atoms with Gasteiger partial charge in [0.1, 0.15) is 6.10 Å². The van der Waals surface area contributed by atoms with Gasteiger partial charge in [0, 0.05) is 6.04 Å². The highest BCUT2D eigenvalue weighted by Crippen LogP contribution is 2.22.